The van der Waals surface area contributed by atoms with E-state index in [1.54, 1.807) is 0 Å². The van der Waals surface area contributed by atoms with Gasteiger partial charge < -0.3 is 11.5 Å². The molecular formula is C10H24N2. The second kappa shape index (κ2) is 9.01. The van der Waals surface area contributed by atoms with E-state index >= 15 is 0 Å². The molecule has 0 aromatic rings. The summed E-state index contributed by atoms with van der Waals surface area (Å²) in [5.41, 5.74) is 10.8. The van der Waals surface area contributed by atoms with E-state index in [9.17, 15) is 0 Å². The molecule has 2 heteroatoms. The molecule has 1 aliphatic rings. The molecule has 1 rings (SSSR count). The van der Waals surface area contributed by atoms with Crippen molar-refractivity contribution in [2.75, 3.05) is 6.54 Å². The monoisotopic (exact) mass is 172 g/mol. The standard InChI is InChI=1S/C6H13N.C4H11N/c7-6-4-2-1-3-5-6;1-2-3-4-5/h6H,1-5,7H2;2-5H2,1H3. The fraction of sp³-hybridized carbons (Fsp3) is 1.00. The Morgan fingerprint density at radius 1 is 1.17 bits per heavy atom. The van der Waals surface area contributed by atoms with Crippen LogP contribution in [0.25, 0.3) is 0 Å². The van der Waals surface area contributed by atoms with Gasteiger partial charge in [0.1, 0.15) is 0 Å². The topological polar surface area (TPSA) is 52.0 Å². The highest BCUT2D eigenvalue weighted by Gasteiger charge is 2.06. The molecule has 74 valence electrons. The van der Waals surface area contributed by atoms with Gasteiger partial charge in [0.25, 0.3) is 0 Å². The Balaban J connectivity index is 0.000000217. The highest BCUT2D eigenvalue weighted by Crippen LogP contribution is 2.14. The van der Waals surface area contributed by atoms with Gasteiger partial charge in [0.05, 0.1) is 0 Å². The Morgan fingerprint density at radius 3 is 1.92 bits per heavy atom. The maximum absolute atomic E-state index is 5.63. The van der Waals surface area contributed by atoms with Crippen LogP contribution in [0.15, 0.2) is 0 Å². The largest absolute Gasteiger partial charge is 0.330 e. The molecule has 0 spiro atoms. The van der Waals surface area contributed by atoms with Crippen LogP contribution in [0.3, 0.4) is 0 Å². The molecule has 0 saturated heterocycles. The molecule has 0 unspecified atom stereocenters. The molecule has 0 atom stereocenters. The van der Waals surface area contributed by atoms with Crippen molar-refractivity contribution in [3.8, 4) is 0 Å². The lowest BCUT2D eigenvalue weighted by atomic mass is 9.97. The molecule has 1 aliphatic carbocycles. The molecule has 0 heterocycles. The summed E-state index contributed by atoms with van der Waals surface area (Å²) >= 11 is 0. The van der Waals surface area contributed by atoms with Crippen LogP contribution < -0.4 is 11.5 Å². The van der Waals surface area contributed by atoms with E-state index < -0.39 is 0 Å². The van der Waals surface area contributed by atoms with Crippen molar-refractivity contribution in [2.24, 2.45) is 11.5 Å². The number of rotatable bonds is 2. The quantitative estimate of drug-likeness (QED) is 0.669. The van der Waals surface area contributed by atoms with Crippen LogP contribution in [-0.2, 0) is 0 Å². The summed E-state index contributed by atoms with van der Waals surface area (Å²) in [5.74, 6) is 0. The Morgan fingerprint density at radius 2 is 1.75 bits per heavy atom. The molecule has 4 N–H and O–H groups in total. The summed E-state index contributed by atoms with van der Waals surface area (Å²) in [6, 6.07) is 0.536. The average molecular weight is 172 g/mol. The van der Waals surface area contributed by atoms with Crippen LogP contribution in [0.5, 0.6) is 0 Å². The number of nitrogens with two attached hydrogens (primary N) is 2. The first-order valence-electron chi connectivity index (χ1n) is 5.27. The first-order valence-corrected chi connectivity index (χ1v) is 5.27. The lowest BCUT2D eigenvalue weighted by molar-refractivity contribution is 0.441. The third-order valence-corrected chi connectivity index (χ3v) is 2.21. The Labute approximate surface area is 76.7 Å². The maximum Gasteiger partial charge on any atom is 0.00388 e. The van der Waals surface area contributed by atoms with Gasteiger partial charge >= 0.3 is 0 Å². The van der Waals surface area contributed by atoms with Gasteiger partial charge in [0.15, 0.2) is 0 Å². The Bertz CT molecular complexity index is 75.9. The Hall–Kier alpha value is -0.0800. The van der Waals surface area contributed by atoms with Gasteiger partial charge in [-0.25, -0.2) is 0 Å². The molecule has 2 nitrogen and oxygen atoms in total. The molecular weight excluding hydrogens is 148 g/mol. The molecule has 0 aromatic carbocycles. The first-order chi connectivity index (χ1) is 5.81. The van der Waals surface area contributed by atoms with Crippen LogP contribution in [0.4, 0.5) is 0 Å². The van der Waals surface area contributed by atoms with Gasteiger partial charge in [0, 0.05) is 6.04 Å². The van der Waals surface area contributed by atoms with Gasteiger partial charge in [-0.05, 0) is 25.8 Å². The van der Waals surface area contributed by atoms with Gasteiger partial charge in [-0.15, -0.1) is 0 Å². The van der Waals surface area contributed by atoms with Gasteiger partial charge in [-0.1, -0.05) is 32.6 Å². The normalized spacial score (nSPS) is 18.2. The van der Waals surface area contributed by atoms with Crippen LogP contribution in [-0.4, -0.2) is 12.6 Å². The lowest BCUT2D eigenvalue weighted by Gasteiger charge is -2.15. The average Bonchev–Trinajstić information content (AvgIpc) is 2.08. The minimum Gasteiger partial charge on any atom is -0.330 e. The minimum atomic E-state index is 0.536. The van der Waals surface area contributed by atoms with E-state index in [2.05, 4.69) is 6.92 Å². The molecule has 1 fully saturated rings. The van der Waals surface area contributed by atoms with Gasteiger partial charge in [-0.3, -0.25) is 0 Å². The van der Waals surface area contributed by atoms with Crippen LogP contribution >= 0.6 is 0 Å². The third kappa shape index (κ3) is 8.02. The van der Waals surface area contributed by atoms with Crippen LogP contribution in [0.2, 0.25) is 0 Å². The van der Waals surface area contributed by atoms with Crippen molar-refractivity contribution in [3.05, 3.63) is 0 Å². The zero-order valence-electron chi connectivity index (χ0n) is 8.39. The summed E-state index contributed by atoms with van der Waals surface area (Å²) in [4.78, 5) is 0. The fourth-order valence-corrected chi connectivity index (χ4v) is 1.34. The molecule has 0 radical (unpaired) electrons. The van der Waals surface area contributed by atoms with E-state index in [4.69, 9.17) is 11.5 Å². The highest BCUT2D eigenvalue weighted by atomic mass is 14.6. The SMILES string of the molecule is CCCCN.NC1CCCCC1. The van der Waals surface area contributed by atoms with Crippen molar-refractivity contribution in [1.82, 2.24) is 0 Å². The predicted molar refractivity (Wildman–Crippen MR) is 55.0 cm³/mol. The maximum atomic E-state index is 5.63. The molecule has 0 amide bonds. The summed E-state index contributed by atoms with van der Waals surface area (Å²) < 4.78 is 0. The summed E-state index contributed by atoms with van der Waals surface area (Å²) in [5, 5.41) is 0. The zero-order chi connectivity index (χ0) is 9.23. The fourth-order valence-electron chi connectivity index (χ4n) is 1.34. The number of unbranched alkanes of at least 4 members (excludes halogenated alkanes) is 1. The molecule has 1 saturated carbocycles. The molecule has 0 aromatic heterocycles. The predicted octanol–water partition coefficient (Wildman–Crippen LogP) is 2.02. The van der Waals surface area contributed by atoms with E-state index in [1.165, 1.54) is 44.9 Å². The van der Waals surface area contributed by atoms with Crippen LogP contribution in [0, 0.1) is 0 Å². The van der Waals surface area contributed by atoms with Crippen LogP contribution in [0.1, 0.15) is 51.9 Å². The van der Waals surface area contributed by atoms with Gasteiger partial charge in [0.2, 0.25) is 0 Å². The van der Waals surface area contributed by atoms with Crippen molar-refractivity contribution in [1.29, 1.82) is 0 Å². The second-order valence-corrected chi connectivity index (χ2v) is 3.54. The van der Waals surface area contributed by atoms with Crippen molar-refractivity contribution >= 4 is 0 Å². The van der Waals surface area contributed by atoms with E-state index in [1.807, 2.05) is 0 Å². The van der Waals surface area contributed by atoms with Gasteiger partial charge in [-0.2, -0.15) is 0 Å². The third-order valence-electron chi connectivity index (χ3n) is 2.21. The molecule has 12 heavy (non-hydrogen) atoms. The van der Waals surface area contributed by atoms with Crippen molar-refractivity contribution in [3.63, 3.8) is 0 Å². The van der Waals surface area contributed by atoms with E-state index in [0.717, 1.165) is 6.54 Å². The second-order valence-electron chi connectivity index (χ2n) is 3.54. The highest BCUT2D eigenvalue weighted by molar-refractivity contribution is 4.66. The number of hydrogen-bond acceptors (Lipinski definition) is 2. The van der Waals surface area contributed by atoms with Crippen molar-refractivity contribution in [2.45, 2.75) is 57.9 Å². The summed E-state index contributed by atoms with van der Waals surface area (Å²) in [6.07, 6.45) is 9.05. The minimum absolute atomic E-state index is 0.536. The number of hydrogen-bond donors (Lipinski definition) is 2. The smallest absolute Gasteiger partial charge is 0.00388 e. The van der Waals surface area contributed by atoms with Crippen molar-refractivity contribution < 1.29 is 0 Å². The molecule has 0 bridgehead atoms. The van der Waals surface area contributed by atoms with E-state index in [0.29, 0.717) is 6.04 Å². The molecule has 0 aliphatic heterocycles. The Kier molecular flexibility index (Phi) is 8.95. The summed E-state index contributed by atoms with van der Waals surface area (Å²) in [7, 11) is 0. The summed E-state index contributed by atoms with van der Waals surface area (Å²) in [6.45, 7) is 2.98. The lowest BCUT2D eigenvalue weighted by Crippen LogP contribution is -2.22. The van der Waals surface area contributed by atoms with E-state index in [-0.39, 0.29) is 0 Å². The zero-order valence-corrected chi connectivity index (χ0v) is 8.39. The first kappa shape index (κ1) is 11.9.